The predicted molar refractivity (Wildman–Crippen MR) is 75.0 cm³/mol. The van der Waals surface area contributed by atoms with Crippen LogP contribution in [0.1, 0.15) is 71.6 Å². The monoisotopic (exact) mass is 269 g/mol. The van der Waals surface area contributed by atoms with Crippen molar-refractivity contribution < 1.29 is 14.7 Å². The quantitative estimate of drug-likeness (QED) is 0.688. The number of hydrogen-bond donors (Lipinski definition) is 1. The standard InChI is InChI=1S/C15H27NO3/c1-3-5-6-7-8-10-13(17)16-12-9-11-15(16,4-2)14(18)19/h3-12H2,1-2H3,(H,18,19). The summed E-state index contributed by atoms with van der Waals surface area (Å²) in [7, 11) is 0. The fraction of sp³-hybridized carbons (Fsp3) is 0.867. The van der Waals surface area contributed by atoms with Gasteiger partial charge in [-0.05, 0) is 25.7 Å². The van der Waals surface area contributed by atoms with E-state index in [0.717, 1.165) is 19.3 Å². The molecule has 1 aliphatic rings. The van der Waals surface area contributed by atoms with E-state index in [0.29, 0.717) is 25.8 Å². The van der Waals surface area contributed by atoms with E-state index >= 15 is 0 Å². The number of rotatable bonds is 8. The number of carbonyl (C=O) groups excluding carboxylic acids is 1. The first kappa shape index (κ1) is 16.0. The molecule has 1 unspecified atom stereocenters. The number of carbonyl (C=O) groups is 2. The lowest BCUT2D eigenvalue weighted by Gasteiger charge is -2.34. The highest BCUT2D eigenvalue weighted by atomic mass is 16.4. The Balaban J connectivity index is 2.48. The van der Waals surface area contributed by atoms with Crippen LogP contribution in [0.25, 0.3) is 0 Å². The Morgan fingerprint density at radius 3 is 2.42 bits per heavy atom. The molecule has 0 saturated carbocycles. The summed E-state index contributed by atoms with van der Waals surface area (Å²) in [6.07, 6.45) is 7.94. The minimum absolute atomic E-state index is 0.0262. The highest BCUT2D eigenvalue weighted by Gasteiger charge is 2.48. The van der Waals surface area contributed by atoms with E-state index in [1.165, 1.54) is 19.3 Å². The zero-order chi connectivity index (χ0) is 14.3. The van der Waals surface area contributed by atoms with E-state index in [1.807, 2.05) is 6.92 Å². The van der Waals surface area contributed by atoms with Gasteiger partial charge in [0.2, 0.25) is 5.91 Å². The number of likely N-dealkylation sites (tertiary alicyclic amines) is 1. The van der Waals surface area contributed by atoms with Crippen molar-refractivity contribution in [2.24, 2.45) is 0 Å². The van der Waals surface area contributed by atoms with Gasteiger partial charge in [-0.3, -0.25) is 4.79 Å². The number of aliphatic carboxylic acids is 1. The van der Waals surface area contributed by atoms with Crippen molar-refractivity contribution in [1.29, 1.82) is 0 Å². The largest absolute Gasteiger partial charge is 0.479 e. The summed E-state index contributed by atoms with van der Waals surface area (Å²) in [6, 6.07) is 0. The van der Waals surface area contributed by atoms with Crippen molar-refractivity contribution in [2.45, 2.75) is 77.2 Å². The Labute approximate surface area is 116 Å². The van der Waals surface area contributed by atoms with E-state index in [2.05, 4.69) is 6.92 Å². The number of carboxylic acid groups (broad SMARTS) is 1. The topological polar surface area (TPSA) is 57.6 Å². The third-order valence-electron chi connectivity index (χ3n) is 4.27. The van der Waals surface area contributed by atoms with Crippen LogP contribution < -0.4 is 0 Å². The van der Waals surface area contributed by atoms with Gasteiger partial charge in [-0.15, -0.1) is 0 Å². The molecule has 0 aromatic rings. The minimum atomic E-state index is -0.930. The second kappa shape index (κ2) is 7.51. The average molecular weight is 269 g/mol. The third kappa shape index (κ3) is 3.71. The first-order chi connectivity index (χ1) is 9.08. The number of unbranched alkanes of at least 4 members (excludes halogenated alkanes) is 4. The van der Waals surface area contributed by atoms with Crippen LogP contribution in [0.15, 0.2) is 0 Å². The lowest BCUT2D eigenvalue weighted by molar-refractivity contribution is -0.156. The summed E-state index contributed by atoms with van der Waals surface area (Å²) in [5.41, 5.74) is -0.930. The molecule has 0 aliphatic carbocycles. The second-order valence-corrected chi connectivity index (χ2v) is 5.50. The van der Waals surface area contributed by atoms with E-state index in [-0.39, 0.29) is 5.91 Å². The van der Waals surface area contributed by atoms with Crippen molar-refractivity contribution in [1.82, 2.24) is 4.90 Å². The van der Waals surface area contributed by atoms with Crippen molar-refractivity contribution in [2.75, 3.05) is 6.54 Å². The molecule has 1 saturated heterocycles. The van der Waals surface area contributed by atoms with Crippen molar-refractivity contribution in [3.8, 4) is 0 Å². The van der Waals surface area contributed by atoms with Crippen molar-refractivity contribution >= 4 is 11.9 Å². The molecule has 1 N–H and O–H groups in total. The SMILES string of the molecule is CCCCCCCC(=O)N1CCCC1(CC)C(=O)O. The maximum absolute atomic E-state index is 12.2. The molecule has 1 atom stereocenters. The highest BCUT2D eigenvalue weighted by molar-refractivity contribution is 5.87. The first-order valence-electron chi connectivity index (χ1n) is 7.62. The van der Waals surface area contributed by atoms with Gasteiger partial charge in [-0.1, -0.05) is 39.5 Å². The van der Waals surface area contributed by atoms with Crippen LogP contribution in [0.2, 0.25) is 0 Å². The number of nitrogens with zero attached hydrogens (tertiary/aromatic N) is 1. The van der Waals surface area contributed by atoms with Gasteiger partial charge in [-0.2, -0.15) is 0 Å². The summed E-state index contributed by atoms with van der Waals surface area (Å²) < 4.78 is 0. The van der Waals surface area contributed by atoms with Gasteiger partial charge in [0.25, 0.3) is 0 Å². The Kier molecular flexibility index (Phi) is 6.32. The van der Waals surface area contributed by atoms with Crippen LogP contribution in [-0.4, -0.2) is 34.0 Å². The van der Waals surface area contributed by atoms with Crippen LogP contribution in [-0.2, 0) is 9.59 Å². The Hall–Kier alpha value is -1.06. The van der Waals surface area contributed by atoms with E-state index < -0.39 is 11.5 Å². The van der Waals surface area contributed by atoms with Gasteiger partial charge >= 0.3 is 5.97 Å². The molecular weight excluding hydrogens is 242 g/mol. The molecule has 1 aliphatic heterocycles. The van der Waals surface area contributed by atoms with Gasteiger partial charge in [0.15, 0.2) is 0 Å². The number of carboxylic acids is 1. The smallest absolute Gasteiger partial charge is 0.329 e. The lowest BCUT2D eigenvalue weighted by Crippen LogP contribution is -2.52. The van der Waals surface area contributed by atoms with E-state index in [9.17, 15) is 14.7 Å². The van der Waals surface area contributed by atoms with Gasteiger partial charge in [0, 0.05) is 13.0 Å². The summed E-state index contributed by atoms with van der Waals surface area (Å²) >= 11 is 0. The molecule has 0 radical (unpaired) electrons. The van der Waals surface area contributed by atoms with Crippen LogP contribution >= 0.6 is 0 Å². The molecule has 0 aromatic carbocycles. The van der Waals surface area contributed by atoms with Crippen molar-refractivity contribution in [3.63, 3.8) is 0 Å². The highest BCUT2D eigenvalue weighted by Crippen LogP contribution is 2.33. The van der Waals surface area contributed by atoms with Gasteiger partial charge < -0.3 is 10.0 Å². The molecule has 0 spiro atoms. The molecule has 110 valence electrons. The minimum Gasteiger partial charge on any atom is -0.479 e. The van der Waals surface area contributed by atoms with Crippen LogP contribution in [0, 0.1) is 0 Å². The van der Waals surface area contributed by atoms with Crippen LogP contribution in [0.3, 0.4) is 0 Å². The fourth-order valence-corrected chi connectivity index (χ4v) is 3.00. The molecule has 19 heavy (non-hydrogen) atoms. The zero-order valence-electron chi connectivity index (χ0n) is 12.3. The molecule has 1 heterocycles. The lowest BCUT2D eigenvalue weighted by atomic mass is 9.92. The molecular formula is C15H27NO3. The Morgan fingerprint density at radius 2 is 1.84 bits per heavy atom. The molecule has 1 rings (SSSR count). The molecule has 0 aromatic heterocycles. The predicted octanol–water partition coefficient (Wildman–Crippen LogP) is 3.20. The second-order valence-electron chi connectivity index (χ2n) is 5.50. The molecule has 4 nitrogen and oxygen atoms in total. The van der Waals surface area contributed by atoms with Gasteiger partial charge in [0.05, 0.1) is 0 Å². The Morgan fingerprint density at radius 1 is 1.16 bits per heavy atom. The third-order valence-corrected chi connectivity index (χ3v) is 4.27. The normalized spacial score (nSPS) is 22.7. The van der Waals surface area contributed by atoms with Crippen molar-refractivity contribution in [3.05, 3.63) is 0 Å². The van der Waals surface area contributed by atoms with Crippen LogP contribution in [0.5, 0.6) is 0 Å². The molecule has 4 heteroatoms. The van der Waals surface area contributed by atoms with Crippen LogP contribution in [0.4, 0.5) is 0 Å². The first-order valence-corrected chi connectivity index (χ1v) is 7.62. The summed E-state index contributed by atoms with van der Waals surface area (Å²) in [4.78, 5) is 25.3. The summed E-state index contributed by atoms with van der Waals surface area (Å²) in [6.45, 7) is 4.63. The molecule has 1 fully saturated rings. The van der Waals surface area contributed by atoms with Gasteiger partial charge in [-0.25, -0.2) is 4.79 Å². The molecule has 0 bridgehead atoms. The Bertz CT molecular complexity index is 317. The number of hydrogen-bond acceptors (Lipinski definition) is 2. The fourth-order valence-electron chi connectivity index (χ4n) is 3.00. The number of amides is 1. The zero-order valence-corrected chi connectivity index (χ0v) is 12.3. The molecule has 1 amide bonds. The maximum Gasteiger partial charge on any atom is 0.329 e. The summed E-state index contributed by atoms with van der Waals surface area (Å²) in [5.74, 6) is -0.815. The average Bonchev–Trinajstić information content (AvgIpc) is 2.83. The summed E-state index contributed by atoms with van der Waals surface area (Å²) in [5, 5.41) is 9.43. The van der Waals surface area contributed by atoms with E-state index in [1.54, 1.807) is 4.90 Å². The maximum atomic E-state index is 12.2. The van der Waals surface area contributed by atoms with E-state index in [4.69, 9.17) is 0 Å². The van der Waals surface area contributed by atoms with Gasteiger partial charge in [0.1, 0.15) is 5.54 Å².